The first-order valence-electron chi connectivity index (χ1n) is 4.20. The van der Waals surface area contributed by atoms with Crippen LogP contribution in [0.25, 0.3) is 0 Å². The maximum Gasteiger partial charge on any atom is 0.229 e. The first kappa shape index (κ1) is 13.1. The van der Waals surface area contributed by atoms with Crippen LogP contribution in [0.5, 0.6) is 0 Å². The molecule has 4 nitrogen and oxygen atoms in total. The molecule has 88 valence electrons. The molecule has 1 N–H and O–H groups in total. The lowest BCUT2D eigenvalue weighted by Gasteiger charge is -2.06. The molecule has 16 heavy (non-hydrogen) atoms. The lowest BCUT2D eigenvalue weighted by molar-refractivity contribution is 0.102. The minimum atomic E-state index is -3.56. The van der Waals surface area contributed by atoms with Crippen LogP contribution >= 0.6 is 15.9 Å². The van der Waals surface area contributed by atoms with Gasteiger partial charge in [0, 0.05) is 5.56 Å². The zero-order chi connectivity index (χ0) is 12.3. The van der Waals surface area contributed by atoms with E-state index in [-0.39, 0.29) is 22.4 Å². The summed E-state index contributed by atoms with van der Waals surface area (Å²) < 4.78 is 37.1. The van der Waals surface area contributed by atoms with Gasteiger partial charge in [-0.25, -0.2) is 12.8 Å². The van der Waals surface area contributed by atoms with E-state index in [0.29, 0.717) is 0 Å². The van der Waals surface area contributed by atoms with Crippen LogP contribution in [0.1, 0.15) is 10.4 Å². The fraction of sp³-hybridized carbons (Fsp3) is 0.222. The molecule has 1 aromatic rings. The molecule has 0 aromatic heterocycles. The van der Waals surface area contributed by atoms with Gasteiger partial charge in [0.15, 0.2) is 5.78 Å². The number of ketones is 1. The molecule has 0 aliphatic heterocycles. The largest absolute Gasteiger partial charge is 0.293 e. The van der Waals surface area contributed by atoms with Crippen LogP contribution in [0, 0.1) is 5.82 Å². The van der Waals surface area contributed by atoms with Gasteiger partial charge in [0.1, 0.15) is 5.82 Å². The minimum Gasteiger partial charge on any atom is -0.293 e. The second-order valence-electron chi connectivity index (χ2n) is 3.13. The highest BCUT2D eigenvalue weighted by Crippen LogP contribution is 2.18. The van der Waals surface area contributed by atoms with E-state index in [1.54, 1.807) is 0 Å². The number of carbonyl (C=O) groups is 1. The summed E-state index contributed by atoms with van der Waals surface area (Å²) in [7, 11) is -3.56. The Morgan fingerprint density at radius 2 is 2.12 bits per heavy atom. The molecule has 0 aliphatic rings. The lowest BCUT2D eigenvalue weighted by Crippen LogP contribution is -2.12. The summed E-state index contributed by atoms with van der Waals surface area (Å²) in [5.41, 5.74) is 0.0127. The second kappa shape index (κ2) is 4.92. The molecule has 0 heterocycles. The predicted octanol–water partition coefficient (Wildman–Crippen LogP) is 1.77. The highest BCUT2D eigenvalue weighted by Gasteiger charge is 2.11. The number of hydrogen-bond donors (Lipinski definition) is 1. The Balaban J connectivity index is 3.14. The third kappa shape index (κ3) is 3.57. The van der Waals surface area contributed by atoms with Crippen LogP contribution in [0.2, 0.25) is 0 Å². The molecule has 1 rings (SSSR count). The summed E-state index contributed by atoms with van der Waals surface area (Å²) in [6.07, 6.45) is 0.908. The van der Waals surface area contributed by atoms with Crippen molar-refractivity contribution in [3.63, 3.8) is 0 Å². The van der Waals surface area contributed by atoms with E-state index >= 15 is 0 Å². The summed E-state index contributed by atoms with van der Waals surface area (Å²) in [4.78, 5) is 11.3. The molecule has 0 amide bonds. The number of Topliss-reactive ketones (excluding diaryl/α,β-unsaturated/α-hetero) is 1. The van der Waals surface area contributed by atoms with Gasteiger partial charge in [-0.05, 0) is 18.2 Å². The number of alkyl halides is 1. The maximum absolute atomic E-state index is 13.2. The van der Waals surface area contributed by atoms with Crippen LogP contribution in [0.15, 0.2) is 18.2 Å². The van der Waals surface area contributed by atoms with Crippen molar-refractivity contribution >= 4 is 37.4 Å². The van der Waals surface area contributed by atoms with E-state index in [0.717, 1.165) is 12.3 Å². The van der Waals surface area contributed by atoms with Gasteiger partial charge in [0.05, 0.1) is 17.3 Å². The van der Waals surface area contributed by atoms with Crippen LogP contribution in [-0.4, -0.2) is 25.8 Å². The number of hydrogen-bond acceptors (Lipinski definition) is 3. The van der Waals surface area contributed by atoms with Gasteiger partial charge in [-0.2, -0.15) is 0 Å². The molecule has 0 spiro atoms. The molecule has 0 unspecified atom stereocenters. The van der Waals surface area contributed by atoms with Crippen molar-refractivity contribution in [3.05, 3.63) is 29.6 Å². The van der Waals surface area contributed by atoms with Crippen molar-refractivity contribution in [2.24, 2.45) is 0 Å². The fourth-order valence-electron chi connectivity index (χ4n) is 1.05. The Morgan fingerprint density at radius 3 is 2.62 bits per heavy atom. The molecule has 0 aliphatic carbocycles. The highest BCUT2D eigenvalue weighted by molar-refractivity contribution is 9.09. The second-order valence-corrected chi connectivity index (χ2v) is 5.43. The lowest BCUT2D eigenvalue weighted by atomic mass is 10.1. The molecule has 0 saturated heterocycles. The first-order valence-corrected chi connectivity index (χ1v) is 7.21. The number of anilines is 1. The molecule has 1 aromatic carbocycles. The van der Waals surface area contributed by atoms with E-state index in [9.17, 15) is 17.6 Å². The molecule has 0 bridgehead atoms. The maximum atomic E-state index is 13.2. The molecular weight excluding hydrogens is 301 g/mol. The zero-order valence-electron chi connectivity index (χ0n) is 8.33. The minimum absolute atomic E-state index is 0.0942. The van der Waals surface area contributed by atoms with Crippen LogP contribution in [0.3, 0.4) is 0 Å². The fourth-order valence-corrected chi connectivity index (χ4v) is 1.93. The molecule has 0 fully saturated rings. The van der Waals surface area contributed by atoms with Gasteiger partial charge in [-0.15, -0.1) is 0 Å². The third-order valence-corrected chi connectivity index (χ3v) is 2.81. The van der Waals surface area contributed by atoms with Crippen LogP contribution < -0.4 is 4.72 Å². The quantitative estimate of drug-likeness (QED) is 0.681. The van der Waals surface area contributed by atoms with E-state index in [2.05, 4.69) is 15.9 Å². The normalized spacial score (nSPS) is 11.2. The van der Waals surface area contributed by atoms with Crippen molar-refractivity contribution in [1.82, 2.24) is 0 Å². The average molecular weight is 310 g/mol. The van der Waals surface area contributed by atoms with Crippen molar-refractivity contribution in [2.45, 2.75) is 0 Å². The molecule has 0 radical (unpaired) electrons. The summed E-state index contributed by atoms with van der Waals surface area (Å²) in [6.45, 7) is 0. The summed E-state index contributed by atoms with van der Waals surface area (Å²) in [6, 6.07) is 3.51. The molecule has 0 saturated carbocycles. The number of benzene rings is 1. The monoisotopic (exact) mass is 309 g/mol. The van der Waals surface area contributed by atoms with Gasteiger partial charge < -0.3 is 0 Å². The summed E-state index contributed by atoms with van der Waals surface area (Å²) in [5.74, 6) is -0.979. The average Bonchev–Trinajstić information content (AvgIpc) is 2.18. The van der Waals surface area contributed by atoms with Crippen molar-refractivity contribution < 1.29 is 17.6 Å². The van der Waals surface area contributed by atoms with Crippen molar-refractivity contribution in [3.8, 4) is 0 Å². The van der Waals surface area contributed by atoms with E-state index in [1.807, 2.05) is 4.72 Å². The Kier molecular flexibility index (Phi) is 4.03. The third-order valence-electron chi connectivity index (χ3n) is 1.71. The zero-order valence-corrected chi connectivity index (χ0v) is 10.7. The summed E-state index contributed by atoms with van der Waals surface area (Å²) >= 11 is 2.97. The number of rotatable bonds is 4. The van der Waals surface area contributed by atoms with E-state index in [4.69, 9.17) is 0 Å². The van der Waals surface area contributed by atoms with Gasteiger partial charge >= 0.3 is 0 Å². The Labute approximate surface area is 101 Å². The van der Waals surface area contributed by atoms with Gasteiger partial charge in [-0.1, -0.05) is 15.9 Å². The smallest absolute Gasteiger partial charge is 0.229 e. The predicted molar refractivity (Wildman–Crippen MR) is 63.0 cm³/mol. The van der Waals surface area contributed by atoms with E-state index < -0.39 is 15.8 Å². The molecule has 0 atom stereocenters. The number of carbonyl (C=O) groups excluding carboxylic acids is 1. The Morgan fingerprint density at radius 1 is 1.50 bits per heavy atom. The number of halogens is 2. The standard InChI is InChI=1S/C9H9BrFNO3S/c1-16(14,15)12-8-4-6(9(13)5-10)2-3-7(8)11/h2-4,12H,5H2,1H3. The Hall–Kier alpha value is -0.950. The van der Waals surface area contributed by atoms with Crippen LogP contribution in [-0.2, 0) is 10.0 Å². The van der Waals surface area contributed by atoms with Crippen LogP contribution in [0.4, 0.5) is 10.1 Å². The van der Waals surface area contributed by atoms with Crippen molar-refractivity contribution in [2.75, 3.05) is 16.3 Å². The molecular formula is C9H9BrFNO3S. The van der Waals surface area contributed by atoms with Crippen molar-refractivity contribution in [1.29, 1.82) is 0 Å². The van der Waals surface area contributed by atoms with Gasteiger partial charge in [0.2, 0.25) is 10.0 Å². The first-order chi connectivity index (χ1) is 7.33. The number of nitrogens with one attached hydrogen (secondary N) is 1. The topological polar surface area (TPSA) is 63.2 Å². The highest BCUT2D eigenvalue weighted by atomic mass is 79.9. The summed E-state index contributed by atoms with van der Waals surface area (Å²) in [5, 5.41) is 0.0942. The van der Waals surface area contributed by atoms with Gasteiger partial charge in [0.25, 0.3) is 0 Å². The van der Waals surface area contributed by atoms with Gasteiger partial charge in [-0.3, -0.25) is 9.52 Å². The Bertz CT molecular complexity index is 515. The molecule has 7 heteroatoms. The van der Waals surface area contributed by atoms with E-state index in [1.165, 1.54) is 12.1 Å². The number of sulfonamides is 1. The SMILES string of the molecule is CS(=O)(=O)Nc1cc(C(=O)CBr)ccc1F.